The van der Waals surface area contributed by atoms with Gasteiger partial charge in [0.25, 0.3) is 0 Å². The number of carboxylic acids is 2. The van der Waals surface area contributed by atoms with E-state index in [9.17, 15) is 19.2 Å². The number of hydrogen-bond donors (Lipinski definition) is 2. The monoisotopic (exact) mass is 332 g/mol. The Hall–Kier alpha value is -2.12. The van der Waals surface area contributed by atoms with Crippen molar-refractivity contribution in [1.82, 2.24) is 0 Å². The lowest BCUT2D eigenvalue weighted by Crippen LogP contribution is -2.26. The van der Waals surface area contributed by atoms with Gasteiger partial charge in [-0.05, 0) is 24.7 Å². The molecule has 0 aromatic rings. The maximum Gasteiger partial charge on any atom is 0.317 e. The minimum absolute atomic E-state index is 0.0111. The van der Waals surface area contributed by atoms with Gasteiger partial charge in [0.05, 0.1) is 6.61 Å². The van der Waals surface area contributed by atoms with Crippen molar-refractivity contribution in [3.8, 4) is 0 Å². The van der Waals surface area contributed by atoms with E-state index in [1.807, 2.05) is 13.8 Å². The molecule has 8 heteroatoms. The Bertz CT molecular complexity index is 429. The molecule has 0 amide bonds. The van der Waals surface area contributed by atoms with Crippen LogP contribution < -0.4 is 0 Å². The molecule has 0 spiro atoms. The summed E-state index contributed by atoms with van der Waals surface area (Å²) in [6.45, 7) is 5.66. The van der Waals surface area contributed by atoms with Crippen LogP contribution in [0.2, 0.25) is 0 Å². The highest BCUT2D eigenvalue weighted by Crippen LogP contribution is 2.18. The van der Waals surface area contributed by atoms with Gasteiger partial charge in [-0.25, -0.2) is 0 Å². The maximum absolute atomic E-state index is 11.5. The van der Waals surface area contributed by atoms with E-state index in [4.69, 9.17) is 19.7 Å². The van der Waals surface area contributed by atoms with E-state index >= 15 is 0 Å². The van der Waals surface area contributed by atoms with Crippen molar-refractivity contribution in [2.24, 2.45) is 11.8 Å². The molecule has 0 fully saturated rings. The minimum Gasteiger partial charge on any atom is -0.481 e. The highest BCUT2D eigenvalue weighted by atomic mass is 16.5. The van der Waals surface area contributed by atoms with Gasteiger partial charge in [0.2, 0.25) is 0 Å². The van der Waals surface area contributed by atoms with E-state index in [2.05, 4.69) is 0 Å². The molecule has 0 aromatic heterocycles. The second-order valence-electron chi connectivity index (χ2n) is 5.91. The number of carbonyl (C=O) groups is 4. The molecule has 0 aromatic carbocycles. The van der Waals surface area contributed by atoms with Crippen LogP contribution in [-0.2, 0) is 28.7 Å². The molecular formula is C15H24O8. The molecule has 0 rings (SSSR count). The predicted octanol–water partition coefficient (Wildman–Crippen LogP) is 1.46. The highest BCUT2D eigenvalue weighted by Gasteiger charge is 2.21. The van der Waals surface area contributed by atoms with Gasteiger partial charge in [0.15, 0.2) is 0 Å². The van der Waals surface area contributed by atoms with Crippen molar-refractivity contribution < 1.29 is 38.9 Å². The fourth-order valence-electron chi connectivity index (χ4n) is 2.00. The van der Waals surface area contributed by atoms with E-state index in [1.165, 1.54) is 0 Å². The third kappa shape index (κ3) is 12.1. The molecule has 0 saturated carbocycles. The Labute approximate surface area is 134 Å². The molecule has 0 aliphatic rings. The van der Waals surface area contributed by atoms with Crippen LogP contribution in [0.3, 0.4) is 0 Å². The molecular weight excluding hydrogens is 308 g/mol. The Morgan fingerprint density at radius 3 is 1.87 bits per heavy atom. The van der Waals surface area contributed by atoms with Crippen LogP contribution >= 0.6 is 0 Å². The summed E-state index contributed by atoms with van der Waals surface area (Å²) in [4.78, 5) is 43.5. The topological polar surface area (TPSA) is 127 Å². The standard InChI is InChI=1S/C15H24O8/c1-9(2)4-11(23-15(21)7-13(18)19)5-10(3)8-22-14(20)6-12(16)17/h9-11H,4-8H2,1-3H3,(H,16,17)(H,18,19). The fourth-order valence-corrected chi connectivity index (χ4v) is 2.00. The number of rotatable bonds is 11. The summed E-state index contributed by atoms with van der Waals surface area (Å²) in [6, 6.07) is 0. The second kappa shape index (κ2) is 10.6. The molecule has 2 unspecified atom stereocenters. The molecule has 0 heterocycles. The van der Waals surface area contributed by atoms with Crippen LogP contribution in [0.1, 0.15) is 46.5 Å². The Balaban J connectivity index is 4.40. The van der Waals surface area contributed by atoms with Gasteiger partial charge in [-0.1, -0.05) is 20.8 Å². The van der Waals surface area contributed by atoms with Gasteiger partial charge < -0.3 is 19.7 Å². The van der Waals surface area contributed by atoms with E-state index in [0.29, 0.717) is 12.8 Å². The number of hydrogen-bond acceptors (Lipinski definition) is 6. The lowest BCUT2D eigenvalue weighted by molar-refractivity contribution is -0.158. The van der Waals surface area contributed by atoms with E-state index < -0.39 is 42.8 Å². The van der Waals surface area contributed by atoms with Gasteiger partial charge >= 0.3 is 23.9 Å². The van der Waals surface area contributed by atoms with Crippen LogP contribution in [0.15, 0.2) is 0 Å². The van der Waals surface area contributed by atoms with Crippen molar-refractivity contribution in [2.45, 2.75) is 52.6 Å². The van der Waals surface area contributed by atoms with E-state index in [0.717, 1.165) is 0 Å². The lowest BCUT2D eigenvalue weighted by Gasteiger charge is -2.22. The largest absolute Gasteiger partial charge is 0.481 e. The third-order valence-electron chi connectivity index (χ3n) is 2.82. The summed E-state index contributed by atoms with van der Waals surface area (Å²) in [7, 11) is 0. The first-order valence-electron chi connectivity index (χ1n) is 7.38. The third-order valence-corrected chi connectivity index (χ3v) is 2.82. The summed E-state index contributed by atoms with van der Waals surface area (Å²) in [5, 5.41) is 17.0. The zero-order valence-corrected chi connectivity index (χ0v) is 13.6. The number of ether oxygens (including phenoxy) is 2. The molecule has 23 heavy (non-hydrogen) atoms. The molecule has 0 bridgehead atoms. The van der Waals surface area contributed by atoms with Gasteiger partial charge in [0, 0.05) is 0 Å². The average Bonchev–Trinajstić information content (AvgIpc) is 2.33. The van der Waals surface area contributed by atoms with Gasteiger partial charge in [-0.3, -0.25) is 19.2 Å². The summed E-state index contributed by atoms with van der Waals surface area (Å²) >= 11 is 0. The van der Waals surface area contributed by atoms with Crippen LogP contribution in [0.4, 0.5) is 0 Å². The highest BCUT2D eigenvalue weighted by molar-refractivity contribution is 5.90. The normalized spacial score (nSPS) is 13.2. The van der Waals surface area contributed by atoms with Gasteiger partial charge in [-0.15, -0.1) is 0 Å². The minimum atomic E-state index is -1.26. The van der Waals surface area contributed by atoms with Gasteiger partial charge in [0.1, 0.15) is 18.9 Å². The Morgan fingerprint density at radius 2 is 1.39 bits per heavy atom. The summed E-state index contributed by atoms with van der Waals surface area (Å²) in [5.41, 5.74) is 0. The molecule has 2 N–H and O–H groups in total. The molecule has 2 atom stereocenters. The molecule has 0 radical (unpaired) electrons. The molecule has 132 valence electrons. The van der Waals surface area contributed by atoms with Crippen molar-refractivity contribution in [3.63, 3.8) is 0 Å². The van der Waals surface area contributed by atoms with Gasteiger partial charge in [-0.2, -0.15) is 0 Å². The van der Waals surface area contributed by atoms with Crippen LogP contribution in [0.25, 0.3) is 0 Å². The maximum atomic E-state index is 11.5. The van der Waals surface area contributed by atoms with Crippen LogP contribution in [0.5, 0.6) is 0 Å². The predicted molar refractivity (Wildman–Crippen MR) is 78.6 cm³/mol. The number of aliphatic carboxylic acids is 2. The number of carbonyl (C=O) groups excluding carboxylic acids is 2. The van der Waals surface area contributed by atoms with E-state index in [1.54, 1.807) is 6.92 Å². The second-order valence-corrected chi connectivity index (χ2v) is 5.91. The van der Waals surface area contributed by atoms with Crippen LogP contribution in [0, 0.1) is 11.8 Å². The first-order valence-corrected chi connectivity index (χ1v) is 7.38. The SMILES string of the molecule is CC(C)CC(CC(C)COC(=O)CC(=O)O)OC(=O)CC(=O)O. The molecule has 0 aliphatic carbocycles. The summed E-state index contributed by atoms with van der Waals surface area (Å²) in [6.07, 6.45) is -0.926. The first kappa shape index (κ1) is 20.9. The Kier molecular flexibility index (Phi) is 9.60. The fraction of sp³-hybridized carbons (Fsp3) is 0.733. The van der Waals surface area contributed by atoms with Crippen LogP contribution in [-0.4, -0.2) is 46.8 Å². The number of esters is 2. The lowest BCUT2D eigenvalue weighted by atomic mass is 9.97. The zero-order chi connectivity index (χ0) is 18.0. The van der Waals surface area contributed by atoms with Crippen molar-refractivity contribution in [1.29, 1.82) is 0 Å². The quantitative estimate of drug-likeness (QED) is 0.430. The molecule has 8 nitrogen and oxygen atoms in total. The zero-order valence-electron chi connectivity index (χ0n) is 13.6. The molecule has 0 saturated heterocycles. The summed E-state index contributed by atoms with van der Waals surface area (Å²) < 4.78 is 10.00. The first-order chi connectivity index (χ1) is 10.6. The number of carboxylic acid groups (broad SMARTS) is 2. The van der Waals surface area contributed by atoms with E-state index in [-0.39, 0.29) is 18.4 Å². The Morgan fingerprint density at radius 1 is 0.870 bits per heavy atom. The molecule has 0 aliphatic heterocycles. The van der Waals surface area contributed by atoms with Crippen molar-refractivity contribution >= 4 is 23.9 Å². The smallest absolute Gasteiger partial charge is 0.317 e. The van der Waals surface area contributed by atoms with Crippen molar-refractivity contribution in [3.05, 3.63) is 0 Å². The van der Waals surface area contributed by atoms with Crippen molar-refractivity contribution in [2.75, 3.05) is 6.61 Å². The average molecular weight is 332 g/mol. The summed E-state index contributed by atoms with van der Waals surface area (Å²) in [5.74, 6) is -4.07.